The molecule has 0 saturated heterocycles. The Morgan fingerprint density at radius 1 is 1.44 bits per heavy atom. The summed E-state index contributed by atoms with van der Waals surface area (Å²) in [4.78, 5) is 20.1. The molecule has 2 aromatic rings. The largest absolute Gasteiger partial charge is 0.477 e. The van der Waals surface area contributed by atoms with Crippen LogP contribution in [-0.4, -0.2) is 21.0 Å². The van der Waals surface area contributed by atoms with Crippen LogP contribution in [0.15, 0.2) is 12.4 Å². The Hall–Kier alpha value is -1.47. The molecule has 2 N–H and O–H groups in total. The van der Waals surface area contributed by atoms with Crippen LogP contribution in [0.2, 0.25) is 0 Å². The second-order valence-electron chi connectivity index (χ2n) is 3.03. The van der Waals surface area contributed by atoms with Gasteiger partial charge in [-0.1, -0.05) is 11.3 Å². The fraction of sp³-hybridized carbons (Fsp3) is 0.222. The van der Waals surface area contributed by atoms with Crippen molar-refractivity contribution in [2.45, 2.75) is 13.5 Å². The number of carboxylic acids is 1. The van der Waals surface area contributed by atoms with Gasteiger partial charge in [0.05, 0.1) is 17.7 Å². The third-order valence-electron chi connectivity index (χ3n) is 1.80. The van der Waals surface area contributed by atoms with Crippen molar-refractivity contribution in [2.75, 3.05) is 5.32 Å². The molecule has 2 aromatic heterocycles. The van der Waals surface area contributed by atoms with E-state index in [2.05, 4.69) is 15.3 Å². The number of anilines is 1. The summed E-state index contributed by atoms with van der Waals surface area (Å²) in [6, 6.07) is 0. The van der Waals surface area contributed by atoms with Gasteiger partial charge in [0.1, 0.15) is 4.88 Å². The van der Waals surface area contributed by atoms with Gasteiger partial charge in [-0.25, -0.2) is 14.8 Å². The molecule has 0 spiro atoms. The molecule has 0 radical (unpaired) electrons. The van der Waals surface area contributed by atoms with Gasteiger partial charge in [-0.15, -0.1) is 11.3 Å². The first-order valence-electron chi connectivity index (χ1n) is 4.49. The molecule has 2 rings (SSSR count). The molecule has 0 fully saturated rings. The summed E-state index contributed by atoms with van der Waals surface area (Å²) in [5.41, 5.74) is 0. The van der Waals surface area contributed by atoms with Crippen molar-refractivity contribution >= 4 is 33.8 Å². The minimum Gasteiger partial charge on any atom is -0.477 e. The van der Waals surface area contributed by atoms with Gasteiger partial charge in [0.25, 0.3) is 0 Å². The minimum atomic E-state index is -0.945. The van der Waals surface area contributed by atoms with E-state index in [1.807, 2.05) is 6.92 Å². The highest BCUT2D eigenvalue weighted by Crippen LogP contribution is 2.19. The summed E-state index contributed by atoms with van der Waals surface area (Å²) >= 11 is 2.74. The van der Waals surface area contributed by atoms with Crippen molar-refractivity contribution in [3.8, 4) is 0 Å². The van der Waals surface area contributed by atoms with Crippen molar-refractivity contribution in [3.05, 3.63) is 27.2 Å². The molecule has 0 amide bonds. The molecule has 16 heavy (non-hydrogen) atoms. The quantitative estimate of drug-likeness (QED) is 0.876. The van der Waals surface area contributed by atoms with Crippen LogP contribution in [0.3, 0.4) is 0 Å². The second kappa shape index (κ2) is 4.58. The van der Waals surface area contributed by atoms with E-state index in [4.69, 9.17) is 5.11 Å². The standard InChI is InChI=1S/C9H9N3O2S2/c1-5-10-2-6(15-5)3-11-9-12-4-7(16-9)8(13)14/h2,4H,3H2,1H3,(H,11,12)(H,13,14). The summed E-state index contributed by atoms with van der Waals surface area (Å²) in [5, 5.41) is 13.4. The molecular formula is C9H9N3O2S2. The Kier molecular flexibility index (Phi) is 3.16. The highest BCUT2D eigenvalue weighted by atomic mass is 32.1. The SMILES string of the molecule is Cc1ncc(CNc2ncc(C(=O)O)s2)s1. The first-order valence-corrected chi connectivity index (χ1v) is 6.13. The lowest BCUT2D eigenvalue weighted by atomic mass is 10.5. The minimum absolute atomic E-state index is 0.239. The monoisotopic (exact) mass is 255 g/mol. The van der Waals surface area contributed by atoms with E-state index < -0.39 is 5.97 Å². The molecule has 0 saturated carbocycles. The van der Waals surface area contributed by atoms with Crippen molar-refractivity contribution < 1.29 is 9.90 Å². The Balaban J connectivity index is 1.97. The summed E-state index contributed by atoms with van der Waals surface area (Å²) in [6.07, 6.45) is 3.16. The van der Waals surface area contributed by atoms with Gasteiger partial charge >= 0.3 is 5.97 Å². The molecule has 7 heteroatoms. The summed E-state index contributed by atoms with van der Waals surface area (Å²) in [5.74, 6) is -0.945. The summed E-state index contributed by atoms with van der Waals surface area (Å²) in [6.45, 7) is 2.57. The van der Waals surface area contributed by atoms with Gasteiger partial charge in [0.15, 0.2) is 5.13 Å². The Morgan fingerprint density at radius 2 is 2.25 bits per heavy atom. The number of aryl methyl sites for hydroxylation is 1. The third kappa shape index (κ3) is 2.56. The van der Waals surface area contributed by atoms with Crippen molar-refractivity contribution in [3.63, 3.8) is 0 Å². The van der Waals surface area contributed by atoms with E-state index in [0.29, 0.717) is 11.7 Å². The molecule has 0 unspecified atom stereocenters. The van der Waals surface area contributed by atoms with Crippen LogP contribution in [0.1, 0.15) is 19.6 Å². The van der Waals surface area contributed by atoms with E-state index in [9.17, 15) is 4.79 Å². The third-order valence-corrected chi connectivity index (χ3v) is 3.66. The molecule has 0 aliphatic carbocycles. The molecular weight excluding hydrogens is 246 g/mol. The number of hydrogen-bond acceptors (Lipinski definition) is 6. The van der Waals surface area contributed by atoms with Crippen molar-refractivity contribution in [2.24, 2.45) is 0 Å². The van der Waals surface area contributed by atoms with E-state index in [1.165, 1.54) is 6.20 Å². The second-order valence-corrected chi connectivity index (χ2v) is 5.38. The van der Waals surface area contributed by atoms with Crippen molar-refractivity contribution in [1.29, 1.82) is 0 Å². The first kappa shape index (κ1) is 11.0. The highest BCUT2D eigenvalue weighted by Gasteiger charge is 2.08. The van der Waals surface area contributed by atoms with Gasteiger partial charge in [-0.05, 0) is 6.92 Å². The lowest BCUT2D eigenvalue weighted by molar-refractivity contribution is 0.0702. The lowest BCUT2D eigenvalue weighted by Crippen LogP contribution is -1.96. The summed E-state index contributed by atoms with van der Waals surface area (Å²) < 4.78 is 0. The van der Waals surface area contributed by atoms with Gasteiger partial charge in [0.2, 0.25) is 0 Å². The number of carboxylic acid groups (broad SMARTS) is 1. The van der Waals surface area contributed by atoms with E-state index in [1.54, 1.807) is 17.5 Å². The molecule has 0 bridgehead atoms. The number of hydrogen-bond donors (Lipinski definition) is 2. The van der Waals surface area contributed by atoms with Crippen LogP contribution in [0.5, 0.6) is 0 Å². The Bertz CT molecular complexity index is 506. The molecule has 0 aliphatic rings. The first-order chi connectivity index (χ1) is 7.65. The van der Waals surface area contributed by atoms with Crippen LogP contribution in [-0.2, 0) is 6.54 Å². The maximum atomic E-state index is 10.6. The van der Waals surface area contributed by atoms with Gasteiger partial charge in [-0.2, -0.15) is 0 Å². The number of aromatic nitrogens is 2. The van der Waals surface area contributed by atoms with Gasteiger partial charge < -0.3 is 10.4 Å². The van der Waals surface area contributed by atoms with Crippen LogP contribution in [0.4, 0.5) is 5.13 Å². The number of rotatable bonds is 4. The molecule has 0 aromatic carbocycles. The average molecular weight is 255 g/mol. The van der Waals surface area contributed by atoms with Crippen LogP contribution in [0.25, 0.3) is 0 Å². The number of nitrogens with zero attached hydrogens (tertiary/aromatic N) is 2. The van der Waals surface area contributed by atoms with Crippen molar-refractivity contribution in [1.82, 2.24) is 9.97 Å². The predicted octanol–water partition coefficient (Wildman–Crippen LogP) is 2.22. The molecule has 84 valence electrons. The maximum Gasteiger partial charge on any atom is 0.347 e. The smallest absolute Gasteiger partial charge is 0.347 e. The van der Waals surface area contributed by atoms with E-state index >= 15 is 0 Å². The molecule has 0 aliphatic heterocycles. The van der Waals surface area contributed by atoms with E-state index in [0.717, 1.165) is 21.2 Å². The van der Waals surface area contributed by atoms with E-state index in [-0.39, 0.29) is 4.88 Å². The topological polar surface area (TPSA) is 75.1 Å². The zero-order chi connectivity index (χ0) is 11.5. The van der Waals surface area contributed by atoms with Crippen LogP contribution < -0.4 is 5.32 Å². The Labute approximate surface area is 99.8 Å². The maximum absolute atomic E-state index is 10.6. The highest BCUT2D eigenvalue weighted by molar-refractivity contribution is 7.17. The van der Waals surface area contributed by atoms with Gasteiger partial charge in [0, 0.05) is 11.1 Å². The molecule has 5 nitrogen and oxygen atoms in total. The number of thiazole rings is 2. The predicted molar refractivity (Wildman–Crippen MR) is 63.3 cm³/mol. The number of carbonyl (C=O) groups is 1. The zero-order valence-corrected chi connectivity index (χ0v) is 10.1. The molecule has 0 atom stereocenters. The number of nitrogens with one attached hydrogen (secondary N) is 1. The van der Waals surface area contributed by atoms with Crippen LogP contribution in [0, 0.1) is 6.92 Å². The fourth-order valence-electron chi connectivity index (χ4n) is 1.10. The molecule has 2 heterocycles. The van der Waals surface area contributed by atoms with Crippen LogP contribution >= 0.6 is 22.7 Å². The average Bonchev–Trinajstić information content (AvgIpc) is 2.83. The van der Waals surface area contributed by atoms with Gasteiger partial charge in [-0.3, -0.25) is 0 Å². The fourth-order valence-corrected chi connectivity index (χ4v) is 2.49. The lowest BCUT2D eigenvalue weighted by Gasteiger charge is -1.97. The zero-order valence-electron chi connectivity index (χ0n) is 8.43. The normalized spacial score (nSPS) is 10.3. The number of aromatic carboxylic acids is 1. The Morgan fingerprint density at radius 3 is 2.81 bits per heavy atom. The summed E-state index contributed by atoms with van der Waals surface area (Å²) in [7, 11) is 0.